The van der Waals surface area contributed by atoms with Gasteiger partial charge in [0.05, 0.1) is 31.7 Å². The van der Waals surface area contributed by atoms with Crippen molar-refractivity contribution in [3.05, 3.63) is 48.8 Å². The lowest BCUT2D eigenvalue weighted by Gasteiger charge is -2.19. The van der Waals surface area contributed by atoms with Gasteiger partial charge in [-0.3, -0.25) is 13.8 Å². The Morgan fingerprint density at radius 2 is 1.21 bits per heavy atom. The summed E-state index contributed by atoms with van der Waals surface area (Å²) in [6, 6.07) is 0. The lowest BCUT2D eigenvalue weighted by atomic mass is 10.0. The van der Waals surface area contributed by atoms with E-state index in [2.05, 4.69) is 38.2 Å². The molecule has 5 N–H and O–H groups in total. The first kappa shape index (κ1) is 50.2. The standard InChI is InChI=1S/C41H76NO9P/c1-3-5-7-9-11-13-15-17-18-20-22-24-26-28-34-48-38(37-51-52(46,47)50-35-33-42)36-49-41(45)32-29-31-40(44)39(43)30-27-25-23-21-19-16-14-12-10-8-6-4-2/h12,14,19,21,25,27-28,34,38-40,43-44H,3-11,13,15-18,20,22-24,26,29-33,35-37,42H2,1-2H3,(H,46,47)/b14-12-,21-19-,27-25-,34-28+/t38-,39?,40?/m1/s1. The topological polar surface area (TPSA) is 158 Å². The molecular weight excluding hydrogens is 681 g/mol. The van der Waals surface area contributed by atoms with Gasteiger partial charge in [0.25, 0.3) is 0 Å². The van der Waals surface area contributed by atoms with E-state index in [1.165, 1.54) is 89.7 Å². The molecule has 0 aliphatic carbocycles. The molecule has 0 bridgehead atoms. The van der Waals surface area contributed by atoms with E-state index in [1.807, 2.05) is 18.2 Å². The van der Waals surface area contributed by atoms with Crippen LogP contribution < -0.4 is 5.73 Å². The number of rotatable bonds is 38. The molecule has 0 heterocycles. The maximum Gasteiger partial charge on any atom is 0.472 e. The zero-order valence-electron chi connectivity index (χ0n) is 32.8. The van der Waals surface area contributed by atoms with Crippen molar-refractivity contribution in [3.63, 3.8) is 0 Å². The minimum Gasteiger partial charge on any atom is -0.492 e. The van der Waals surface area contributed by atoms with Crippen molar-refractivity contribution >= 4 is 13.8 Å². The van der Waals surface area contributed by atoms with Gasteiger partial charge in [-0.2, -0.15) is 0 Å². The van der Waals surface area contributed by atoms with Crippen LogP contribution in [-0.2, 0) is 27.9 Å². The summed E-state index contributed by atoms with van der Waals surface area (Å²) in [5.74, 6) is -0.509. The van der Waals surface area contributed by atoms with Crippen molar-refractivity contribution in [2.75, 3.05) is 26.4 Å². The molecule has 0 aromatic heterocycles. The first-order valence-electron chi connectivity index (χ1n) is 20.3. The quantitative estimate of drug-likeness (QED) is 0.0157. The number of esters is 1. The monoisotopic (exact) mass is 758 g/mol. The second-order valence-electron chi connectivity index (χ2n) is 13.5. The summed E-state index contributed by atoms with van der Waals surface area (Å²) in [5.41, 5.74) is 5.34. The number of nitrogens with two attached hydrogens (primary N) is 1. The highest BCUT2D eigenvalue weighted by Gasteiger charge is 2.24. The molecule has 0 aromatic rings. The second-order valence-corrected chi connectivity index (χ2v) is 15.0. The van der Waals surface area contributed by atoms with E-state index in [1.54, 1.807) is 0 Å². The minimum atomic E-state index is -4.33. The molecule has 0 fully saturated rings. The number of unbranched alkanes of at least 4 members (excludes halogenated alkanes) is 15. The molecule has 4 atom stereocenters. The number of aliphatic hydroxyl groups is 2. The maximum absolute atomic E-state index is 12.4. The molecule has 0 rings (SSSR count). The number of hydrogen-bond acceptors (Lipinski definition) is 9. The fraction of sp³-hybridized carbons (Fsp3) is 0.780. The Kier molecular flexibility index (Phi) is 36.2. The molecule has 0 amide bonds. The van der Waals surface area contributed by atoms with Crippen LogP contribution in [0.3, 0.4) is 0 Å². The van der Waals surface area contributed by atoms with Crippen LogP contribution in [0.25, 0.3) is 0 Å². The van der Waals surface area contributed by atoms with E-state index in [4.69, 9.17) is 24.3 Å². The zero-order valence-corrected chi connectivity index (χ0v) is 33.7. The van der Waals surface area contributed by atoms with Gasteiger partial charge in [-0.15, -0.1) is 0 Å². The largest absolute Gasteiger partial charge is 0.492 e. The SMILES string of the molecule is CCCCC/C=C\C/C=C\C/C=C\CC(O)C(O)CCCC(=O)OC[C@H](COP(=O)(O)OCCN)O/C=C/CCCCCCCCCCCCCC. The van der Waals surface area contributed by atoms with Crippen LogP contribution in [0.2, 0.25) is 0 Å². The molecule has 0 aromatic carbocycles. The zero-order chi connectivity index (χ0) is 38.4. The fourth-order valence-electron chi connectivity index (χ4n) is 5.32. The molecule has 3 unspecified atom stereocenters. The number of hydrogen-bond donors (Lipinski definition) is 4. The Labute approximate surface area is 316 Å². The van der Waals surface area contributed by atoms with Gasteiger partial charge in [-0.25, -0.2) is 4.57 Å². The summed E-state index contributed by atoms with van der Waals surface area (Å²) in [7, 11) is -4.33. The summed E-state index contributed by atoms with van der Waals surface area (Å²) in [6.45, 7) is 3.84. The normalized spacial score (nSPS) is 15.2. The third-order valence-electron chi connectivity index (χ3n) is 8.54. The first-order chi connectivity index (χ1) is 25.3. The van der Waals surface area contributed by atoms with Gasteiger partial charge >= 0.3 is 13.8 Å². The van der Waals surface area contributed by atoms with Gasteiger partial charge in [0, 0.05) is 13.0 Å². The first-order valence-corrected chi connectivity index (χ1v) is 21.8. The van der Waals surface area contributed by atoms with Crippen molar-refractivity contribution in [3.8, 4) is 0 Å². The van der Waals surface area contributed by atoms with Crippen LogP contribution in [0.4, 0.5) is 0 Å². The summed E-state index contributed by atoms with van der Waals surface area (Å²) in [5, 5.41) is 20.6. The Morgan fingerprint density at radius 3 is 1.85 bits per heavy atom. The molecule has 0 saturated carbocycles. The van der Waals surface area contributed by atoms with Gasteiger partial charge in [-0.1, -0.05) is 134 Å². The number of phosphoric acid groups is 1. The van der Waals surface area contributed by atoms with Crippen LogP contribution in [0, 0.1) is 0 Å². The van der Waals surface area contributed by atoms with Crippen molar-refractivity contribution in [1.82, 2.24) is 0 Å². The van der Waals surface area contributed by atoms with Crippen molar-refractivity contribution in [1.29, 1.82) is 0 Å². The molecule has 0 saturated heterocycles. The number of ether oxygens (including phenoxy) is 2. The van der Waals surface area contributed by atoms with Gasteiger partial charge in [0.1, 0.15) is 6.61 Å². The molecule has 52 heavy (non-hydrogen) atoms. The summed E-state index contributed by atoms with van der Waals surface area (Å²) in [6.07, 6.45) is 36.8. The third-order valence-corrected chi connectivity index (χ3v) is 9.52. The number of carbonyl (C=O) groups excluding carboxylic acids is 1. The number of aliphatic hydroxyl groups excluding tert-OH is 2. The van der Waals surface area contributed by atoms with Gasteiger partial charge in [0.15, 0.2) is 6.10 Å². The van der Waals surface area contributed by atoms with Crippen LogP contribution in [0.1, 0.15) is 162 Å². The Hall–Kier alpha value is -1.78. The molecule has 0 radical (unpaired) electrons. The number of carbonyl (C=O) groups is 1. The smallest absolute Gasteiger partial charge is 0.472 e. The van der Waals surface area contributed by atoms with Crippen molar-refractivity contribution < 1.29 is 43.0 Å². The fourth-order valence-corrected chi connectivity index (χ4v) is 6.08. The van der Waals surface area contributed by atoms with E-state index >= 15 is 0 Å². The average molecular weight is 758 g/mol. The summed E-state index contributed by atoms with van der Waals surface area (Å²) in [4.78, 5) is 22.3. The van der Waals surface area contributed by atoms with Gasteiger partial charge in [-0.05, 0) is 63.9 Å². The average Bonchev–Trinajstić information content (AvgIpc) is 3.13. The summed E-state index contributed by atoms with van der Waals surface area (Å²) >= 11 is 0. The molecule has 10 nitrogen and oxygen atoms in total. The minimum absolute atomic E-state index is 0.0396. The van der Waals surface area contributed by atoms with Crippen molar-refractivity contribution in [2.45, 2.75) is 180 Å². The Bertz CT molecular complexity index is 972. The maximum atomic E-state index is 12.4. The van der Waals surface area contributed by atoms with Crippen LogP contribution in [-0.4, -0.2) is 65.8 Å². The van der Waals surface area contributed by atoms with Gasteiger partial charge in [0.2, 0.25) is 0 Å². The van der Waals surface area contributed by atoms with Gasteiger partial charge < -0.3 is 30.3 Å². The van der Waals surface area contributed by atoms with Crippen LogP contribution >= 0.6 is 7.82 Å². The van der Waals surface area contributed by atoms with E-state index in [0.717, 1.165) is 38.5 Å². The molecule has 11 heteroatoms. The highest BCUT2D eigenvalue weighted by molar-refractivity contribution is 7.47. The molecule has 0 aliphatic heterocycles. The van der Waals surface area contributed by atoms with Crippen LogP contribution in [0.5, 0.6) is 0 Å². The predicted octanol–water partition coefficient (Wildman–Crippen LogP) is 9.92. The molecule has 0 aliphatic rings. The summed E-state index contributed by atoms with van der Waals surface area (Å²) < 4.78 is 32.9. The molecule has 0 spiro atoms. The van der Waals surface area contributed by atoms with Crippen LogP contribution in [0.15, 0.2) is 48.8 Å². The molecular formula is C41H76NO9P. The lowest BCUT2D eigenvalue weighted by molar-refractivity contribution is -0.147. The highest BCUT2D eigenvalue weighted by atomic mass is 31.2. The molecule has 304 valence electrons. The number of phosphoric ester groups is 1. The Balaban J connectivity index is 4.37. The Morgan fingerprint density at radius 1 is 0.673 bits per heavy atom. The van der Waals surface area contributed by atoms with E-state index in [0.29, 0.717) is 12.8 Å². The number of allylic oxidation sites excluding steroid dienone is 6. The van der Waals surface area contributed by atoms with E-state index in [-0.39, 0.29) is 39.2 Å². The van der Waals surface area contributed by atoms with Crippen molar-refractivity contribution in [2.24, 2.45) is 5.73 Å². The van der Waals surface area contributed by atoms with E-state index in [9.17, 15) is 24.5 Å². The highest BCUT2D eigenvalue weighted by Crippen LogP contribution is 2.43. The second kappa shape index (κ2) is 37.5. The third kappa shape index (κ3) is 35.3. The lowest BCUT2D eigenvalue weighted by Crippen LogP contribution is -2.27. The predicted molar refractivity (Wildman–Crippen MR) is 213 cm³/mol. The van der Waals surface area contributed by atoms with E-state index < -0.39 is 32.1 Å².